The number of hydrogen-bond donors (Lipinski definition) is 0. The third-order valence-corrected chi connectivity index (χ3v) is 7.08. The Morgan fingerprint density at radius 3 is 2.60 bits per heavy atom. The van der Waals surface area contributed by atoms with E-state index in [-0.39, 0.29) is 6.09 Å². The van der Waals surface area contributed by atoms with E-state index in [1.807, 2.05) is 31.9 Å². The predicted molar refractivity (Wildman–Crippen MR) is 117 cm³/mol. The lowest BCUT2D eigenvalue weighted by Gasteiger charge is -2.52. The molecule has 1 aromatic heterocycles. The number of oxazole rings is 1. The first-order valence-corrected chi connectivity index (χ1v) is 11.9. The molecule has 3 heterocycles. The van der Waals surface area contributed by atoms with Crippen molar-refractivity contribution in [3.63, 3.8) is 0 Å². The van der Waals surface area contributed by atoms with Crippen molar-refractivity contribution in [2.24, 2.45) is 5.41 Å². The van der Waals surface area contributed by atoms with Crippen LogP contribution in [0.1, 0.15) is 65.6 Å². The summed E-state index contributed by atoms with van der Waals surface area (Å²) in [5.74, 6) is 0.956. The maximum Gasteiger partial charge on any atom is 0.409 e. The number of amides is 1. The van der Waals surface area contributed by atoms with E-state index < -0.39 is 0 Å². The van der Waals surface area contributed by atoms with Crippen molar-refractivity contribution >= 4 is 6.09 Å². The highest BCUT2D eigenvalue weighted by molar-refractivity contribution is 5.68. The molecule has 0 radical (unpaired) electrons. The number of rotatable bonds is 6. The normalized spacial score (nSPS) is 27.1. The fourth-order valence-corrected chi connectivity index (χ4v) is 5.47. The summed E-state index contributed by atoms with van der Waals surface area (Å²) in [4.78, 5) is 23.1. The molecule has 3 fully saturated rings. The number of likely N-dealkylation sites (tertiary alicyclic amines) is 2. The summed E-state index contributed by atoms with van der Waals surface area (Å²) in [7, 11) is 0. The molecular formula is C23H40N4O3. The van der Waals surface area contributed by atoms with Gasteiger partial charge in [-0.15, -0.1) is 0 Å². The molecule has 1 amide bonds. The minimum Gasteiger partial charge on any atom is -0.450 e. The average Bonchev–Trinajstić information content (AvgIpc) is 3.43. The Bertz CT molecular complexity index is 637. The molecular weight excluding hydrogens is 380 g/mol. The monoisotopic (exact) mass is 420 g/mol. The molecule has 0 N–H and O–H groups in total. The van der Waals surface area contributed by atoms with E-state index in [4.69, 9.17) is 9.15 Å². The Morgan fingerprint density at radius 1 is 1.27 bits per heavy atom. The number of hydrogen-bond acceptors (Lipinski definition) is 6. The second-order valence-electron chi connectivity index (χ2n) is 8.73. The standard InChI is InChI=1S/C21H34N4O3.C2H6/c1-3-23(14-19-13-22-16-28-19)17-5-8-24(9-6-17)18-11-21(12-18)7-10-25(15-21)20(26)27-4-2;1-2/h13,16-18H,3-12,14-15H2,1-2H3;1-2H3. The Balaban J connectivity index is 0.00000124. The number of ether oxygens (including phenoxy) is 1. The minimum atomic E-state index is -0.130. The van der Waals surface area contributed by atoms with E-state index in [0.29, 0.717) is 24.1 Å². The van der Waals surface area contributed by atoms with Gasteiger partial charge in [-0.05, 0) is 64.1 Å². The molecule has 1 spiro atoms. The Kier molecular flexibility index (Phi) is 8.17. The highest BCUT2D eigenvalue weighted by Crippen LogP contribution is 2.50. The van der Waals surface area contributed by atoms with Crippen LogP contribution in [-0.4, -0.2) is 77.2 Å². The molecule has 2 saturated heterocycles. The molecule has 0 aromatic carbocycles. The fourth-order valence-electron chi connectivity index (χ4n) is 5.47. The molecule has 0 atom stereocenters. The largest absolute Gasteiger partial charge is 0.450 e. The predicted octanol–water partition coefficient (Wildman–Crippen LogP) is 4.00. The minimum absolute atomic E-state index is 0.130. The maximum absolute atomic E-state index is 12.0. The van der Waals surface area contributed by atoms with Crippen LogP contribution in [0.15, 0.2) is 17.0 Å². The number of nitrogens with zero attached hydrogens (tertiary/aromatic N) is 4. The van der Waals surface area contributed by atoms with Crippen LogP contribution in [-0.2, 0) is 11.3 Å². The molecule has 0 unspecified atom stereocenters. The van der Waals surface area contributed by atoms with Crippen LogP contribution in [0.2, 0.25) is 0 Å². The van der Waals surface area contributed by atoms with Crippen molar-refractivity contribution in [2.75, 3.05) is 39.3 Å². The van der Waals surface area contributed by atoms with Crippen molar-refractivity contribution in [3.8, 4) is 0 Å². The molecule has 7 heteroatoms. The van der Waals surface area contributed by atoms with Gasteiger partial charge in [0.15, 0.2) is 6.39 Å². The summed E-state index contributed by atoms with van der Waals surface area (Å²) in [6, 6.07) is 1.33. The van der Waals surface area contributed by atoms with E-state index in [1.54, 1.807) is 0 Å². The summed E-state index contributed by atoms with van der Waals surface area (Å²) in [6.07, 6.45) is 9.28. The highest BCUT2D eigenvalue weighted by atomic mass is 16.6. The van der Waals surface area contributed by atoms with Crippen molar-refractivity contribution in [3.05, 3.63) is 18.4 Å². The fraction of sp³-hybridized carbons (Fsp3) is 0.826. The first-order valence-electron chi connectivity index (χ1n) is 11.9. The van der Waals surface area contributed by atoms with Gasteiger partial charge in [0.2, 0.25) is 0 Å². The first kappa shape index (κ1) is 23.1. The molecule has 4 rings (SSSR count). The van der Waals surface area contributed by atoms with Gasteiger partial charge < -0.3 is 19.0 Å². The van der Waals surface area contributed by atoms with Crippen LogP contribution in [0, 0.1) is 5.41 Å². The Labute approximate surface area is 181 Å². The molecule has 2 aliphatic heterocycles. The van der Waals surface area contributed by atoms with E-state index >= 15 is 0 Å². The summed E-state index contributed by atoms with van der Waals surface area (Å²) in [5, 5.41) is 0. The Hall–Kier alpha value is -1.60. The van der Waals surface area contributed by atoms with Crippen LogP contribution in [0.3, 0.4) is 0 Å². The van der Waals surface area contributed by atoms with Crippen LogP contribution in [0.4, 0.5) is 4.79 Å². The molecule has 7 nitrogen and oxygen atoms in total. The third kappa shape index (κ3) is 5.17. The van der Waals surface area contributed by atoms with Crippen molar-refractivity contribution < 1.29 is 13.9 Å². The SMILES string of the molecule is CC.CCOC(=O)N1CCC2(CC(N3CCC(N(CC)Cc4cnco4)CC3)C2)C1. The van der Waals surface area contributed by atoms with Crippen LogP contribution < -0.4 is 0 Å². The lowest BCUT2D eigenvalue weighted by atomic mass is 9.64. The zero-order valence-electron chi connectivity index (χ0n) is 19.3. The van der Waals surface area contributed by atoms with Gasteiger partial charge in [0, 0.05) is 25.2 Å². The highest BCUT2D eigenvalue weighted by Gasteiger charge is 2.51. The van der Waals surface area contributed by atoms with Gasteiger partial charge in [0.25, 0.3) is 0 Å². The summed E-state index contributed by atoms with van der Waals surface area (Å²) in [6.45, 7) is 14.6. The van der Waals surface area contributed by atoms with Crippen LogP contribution in [0.5, 0.6) is 0 Å². The van der Waals surface area contributed by atoms with Gasteiger partial charge >= 0.3 is 6.09 Å². The van der Waals surface area contributed by atoms with E-state index in [1.165, 1.54) is 45.2 Å². The third-order valence-electron chi connectivity index (χ3n) is 7.08. The molecule has 1 aliphatic carbocycles. The number of carbonyl (C=O) groups is 1. The molecule has 0 bridgehead atoms. The lowest BCUT2D eigenvalue weighted by molar-refractivity contribution is -0.0168. The second kappa shape index (κ2) is 10.6. The van der Waals surface area contributed by atoms with Crippen molar-refractivity contribution in [1.82, 2.24) is 19.7 Å². The van der Waals surface area contributed by atoms with Crippen LogP contribution in [0.25, 0.3) is 0 Å². The first-order chi connectivity index (χ1) is 14.6. The molecule has 170 valence electrons. The van der Waals surface area contributed by atoms with Gasteiger partial charge in [0.1, 0.15) is 5.76 Å². The average molecular weight is 421 g/mol. The zero-order chi connectivity index (χ0) is 21.6. The summed E-state index contributed by atoms with van der Waals surface area (Å²) >= 11 is 0. The summed E-state index contributed by atoms with van der Waals surface area (Å²) in [5.41, 5.74) is 0.357. The molecule has 1 aromatic rings. The quantitative estimate of drug-likeness (QED) is 0.693. The second-order valence-corrected chi connectivity index (χ2v) is 8.73. The van der Waals surface area contributed by atoms with Crippen LogP contribution >= 0.6 is 0 Å². The van der Waals surface area contributed by atoms with Gasteiger partial charge in [-0.2, -0.15) is 0 Å². The molecule has 30 heavy (non-hydrogen) atoms. The van der Waals surface area contributed by atoms with E-state index in [0.717, 1.165) is 38.4 Å². The number of piperidine rings is 1. The topological polar surface area (TPSA) is 62.1 Å². The van der Waals surface area contributed by atoms with E-state index in [9.17, 15) is 4.79 Å². The van der Waals surface area contributed by atoms with Gasteiger partial charge in [-0.25, -0.2) is 9.78 Å². The van der Waals surface area contributed by atoms with Gasteiger partial charge in [-0.3, -0.25) is 4.90 Å². The van der Waals surface area contributed by atoms with Crippen molar-refractivity contribution in [1.29, 1.82) is 0 Å². The Morgan fingerprint density at radius 2 is 2.00 bits per heavy atom. The number of carbonyl (C=O) groups excluding carboxylic acids is 1. The van der Waals surface area contributed by atoms with Gasteiger partial charge in [-0.1, -0.05) is 20.8 Å². The zero-order valence-corrected chi connectivity index (χ0v) is 19.3. The summed E-state index contributed by atoms with van der Waals surface area (Å²) < 4.78 is 10.6. The number of aromatic nitrogens is 1. The maximum atomic E-state index is 12.0. The van der Waals surface area contributed by atoms with Gasteiger partial charge in [0.05, 0.1) is 19.3 Å². The molecule has 1 saturated carbocycles. The smallest absolute Gasteiger partial charge is 0.409 e. The lowest BCUT2D eigenvalue weighted by Crippen LogP contribution is -2.56. The van der Waals surface area contributed by atoms with E-state index in [2.05, 4.69) is 21.7 Å². The van der Waals surface area contributed by atoms with Crippen molar-refractivity contribution in [2.45, 2.75) is 78.4 Å². The molecule has 3 aliphatic rings.